The summed E-state index contributed by atoms with van der Waals surface area (Å²) in [7, 11) is 0. The monoisotopic (exact) mass is 284 g/mol. The molecule has 0 spiro atoms. The minimum atomic E-state index is -4.74. The molecule has 0 atom stereocenters. The number of hydrogen-bond donors (Lipinski definition) is 1. The van der Waals surface area contributed by atoms with Gasteiger partial charge in [-0.05, 0) is 6.42 Å². The van der Waals surface area contributed by atoms with E-state index in [0.717, 1.165) is 6.01 Å². The number of rotatable bonds is 6. The van der Waals surface area contributed by atoms with Crippen molar-refractivity contribution in [2.45, 2.75) is 35.8 Å². The number of nitrogens with zero attached hydrogens (tertiary/aromatic N) is 1. The molecule has 0 fully saturated rings. The van der Waals surface area contributed by atoms with Crippen molar-refractivity contribution in [3.05, 3.63) is 0 Å². The van der Waals surface area contributed by atoms with E-state index in [1.807, 2.05) is 4.99 Å². The van der Waals surface area contributed by atoms with Crippen LogP contribution in [0.1, 0.15) is 19.3 Å². The lowest BCUT2D eigenvalue weighted by Crippen LogP contribution is -2.38. The first-order valence-corrected chi connectivity index (χ1v) is 4.73. The van der Waals surface area contributed by atoms with E-state index in [4.69, 9.17) is 28.6 Å². The molecule has 16 heavy (non-hydrogen) atoms. The molecule has 0 unspecified atom stereocenters. The van der Waals surface area contributed by atoms with Crippen molar-refractivity contribution in [3.63, 3.8) is 0 Å². The highest BCUT2D eigenvalue weighted by atomic mass is 35.5. The third-order valence-electron chi connectivity index (χ3n) is 1.59. The first kappa shape index (κ1) is 15.6. The third kappa shape index (κ3) is 5.09. The number of aliphatic imine (C=N–C) groups is 1. The van der Waals surface area contributed by atoms with E-state index >= 15 is 0 Å². The van der Waals surface area contributed by atoms with E-state index in [1.165, 1.54) is 0 Å². The van der Waals surface area contributed by atoms with Gasteiger partial charge >= 0.3 is 12.0 Å². The molecule has 0 saturated carbocycles. The molecule has 0 aliphatic rings. The first-order chi connectivity index (χ1) is 7.02. The summed E-state index contributed by atoms with van der Waals surface area (Å²) in [6, 6.07) is -3.90. The summed E-state index contributed by atoms with van der Waals surface area (Å²) in [6.45, 7) is 0. The maximum absolute atomic E-state index is 12.8. The molecule has 0 saturated heterocycles. The van der Waals surface area contributed by atoms with Gasteiger partial charge in [-0.15, -0.1) is 4.99 Å². The first-order valence-electron chi connectivity index (χ1n) is 3.98. The zero-order valence-electron chi connectivity index (χ0n) is 7.71. The standard InChI is InChI=1S/C7H7Cl2F5N2/c8-6(9,12)3-1-2-5(10,11)7(13,14)16-4-15/h15H,1-3H2. The Bertz CT molecular complexity index is 283. The van der Waals surface area contributed by atoms with Crippen molar-refractivity contribution < 1.29 is 22.0 Å². The van der Waals surface area contributed by atoms with E-state index in [1.54, 1.807) is 0 Å². The topological polar surface area (TPSA) is 36.2 Å². The molecular weight excluding hydrogens is 278 g/mol. The summed E-state index contributed by atoms with van der Waals surface area (Å²) in [6.07, 6.45) is -2.72. The molecule has 9 heteroatoms. The van der Waals surface area contributed by atoms with Crippen LogP contribution in [0, 0.1) is 5.41 Å². The smallest absolute Gasteiger partial charge is 0.241 e. The Morgan fingerprint density at radius 1 is 1.06 bits per heavy atom. The maximum atomic E-state index is 12.8. The Labute approximate surface area is 97.9 Å². The van der Waals surface area contributed by atoms with E-state index in [-0.39, 0.29) is 0 Å². The fourth-order valence-electron chi connectivity index (χ4n) is 0.813. The molecule has 0 aliphatic carbocycles. The van der Waals surface area contributed by atoms with Crippen molar-refractivity contribution in [2.75, 3.05) is 0 Å². The van der Waals surface area contributed by atoms with Crippen molar-refractivity contribution >= 4 is 29.2 Å². The maximum Gasteiger partial charge on any atom is 0.413 e. The van der Waals surface area contributed by atoms with Crippen LogP contribution in [0.15, 0.2) is 4.99 Å². The molecule has 0 radical (unpaired) electrons. The summed E-state index contributed by atoms with van der Waals surface area (Å²) >= 11 is 9.68. The van der Waals surface area contributed by atoms with Gasteiger partial charge in [0.2, 0.25) is 0 Å². The minimum absolute atomic E-state index is 0.653. The van der Waals surface area contributed by atoms with E-state index < -0.39 is 35.8 Å². The van der Waals surface area contributed by atoms with Gasteiger partial charge in [-0.3, -0.25) is 0 Å². The Hall–Kier alpha value is -0.390. The molecule has 0 aromatic carbocycles. The highest BCUT2D eigenvalue weighted by Crippen LogP contribution is 2.40. The minimum Gasteiger partial charge on any atom is -0.241 e. The average Bonchev–Trinajstić information content (AvgIpc) is 2.00. The molecule has 1 N–H and O–H groups in total. The molecule has 0 amide bonds. The van der Waals surface area contributed by atoms with Gasteiger partial charge in [0, 0.05) is 12.8 Å². The predicted octanol–water partition coefficient (Wildman–Crippen LogP) is 4.24. The summed E-state index contributed by atoms with van der Waals surface area (Å²) in [5.74, 6) is -4.50. The lowest BCUT2D eigenvalue weighted by molar-refractivity contribution is -0.206. The summed E-state index contributed by atoms with van der Waals surface area (Å²) in [5, 5.41) is 6.08. The molecule has 0 aromatic heterocycles. The van der Waals surface area contributed by atoms with Crippen molar-refractivity contribution in [1.29, 1.82) is 5.41 Å². The van der Waals surface area contributed by atoms with Crippen LogP contribution in [0.25, 0.3) is 0 Å². The van der Waals surface area contributed by atoms with Gasteiger partial charge in [0.15, 0.2) is 0 Å². The summed E-state index contributed by atoms with van der Waals surface area (Å²) in [4.78, 5) is 1.92. The highest BCUT2D eigenvalue weighted by Gasteiger charge is 2.56. The van der Waals surface area contributed by atoms with Crippen LogP contribution >= 0.6 is 23.2 Å². The third-order valence-corrected chi connectivity index (χ3v) is 1.97. The zero-order chi connectivity index (χ0) is 13.0. The Balaban J connectivity index is 4.41. The molecule has 0 rings (SSSR count). The lowest BCUT2D eigenvalue weighted by atomic mass is 10.1. The van der Waals surface area contributed by atoms with E-state index in [9.17, 15) is 22.0 Å². The van der Waals surface area contributed by atoms with Gasteiger partial charge in [-0.25, -0.2) is 9.80 Å². The molecule has 0 heterocycles. The zero-order valence-corrected chi connectivity index (χ0v) is 9.23. The van der Waals surface area contributed by atoms with E-state index in [0.29, 0.717) is 0 Å². The largest absolute Gasteiger partial charge is 0.413 e. The van der Waals surface area contributed by atoms with Gasteiger partial charge in [0.1, 0.15) is 0 Å². The van der Waals surface area contributed by atoms with Crippen LogP contribution < -0.4 is 0 Å². The fourth-order valence-corrected chi connectivity index (χ4v) is 1.08. The normalized spacial score (nSPS) is 13.4. The fraction of sp³-hybridized carbons (Fsp3) is 0.857. The number of halogens is 7. The molecule has 2 nitrogen and oxygen atoms in total. The highest BCUT2D eigenvalue weighted by molar-refractivity contribution is 6.47. The predicted molar refractivity (Wildman–Crippen MR) is 49.4 cm³/mol. The molecule has 0 aliphatic heterocycles. The van der Waals surface area contributed by atoms with Crippen LogP contribution in [-0.4, -0.2) is 22.6 Å². The number of nitrogens with one attached hydrogen (secondary N) is 1. The summed E-state index contributed by atoms with van der Waals surface area (Å²) in [5.41, 5.74) is 0. The summed E-state index contributed by atoms with van der Waals surface area (Å²) < 4.78 is 60.4. The second-order valence-corrected chi connectivity index (χ2v) is 4.33. The van der Waals surface area contributed by atoms with Crippen LogP contribution in [0.4, 0.5) is 22.0 Å². The lowest BCUT2D eigenvalue weighted by Gasteiger charge is -2.22. The molecule has 94 valence electrons. The molecule has 0 aromatic rings. The Morgan fingerprint density at radius 3 is 1.94 bits per heavy atom. The van der Waals surface area contributed by atoms with Crippen molar-refractivity contribution in [1.82, 2.24) is 0 Å². The van der Waals surface area contributed by atoms with Crippen molar-refractivity contribution in [3.8, 4) is 0 Å². The van der Waals surface area contributed by atoms with Crippen LogP contribution in [0.3, 0.4) is 0 Å². The SMILES string of the molecule is N=C=NC(F)(F)C(F)(F)CCCC(F)(Cl)Cl. The van der Waals surface area contributed by atoms with Gasteiger partial charge < -0.3 is 0 Å². The second-order valence-electron chi connectivity index (χ2n) is 2.94. The number of alkyl halides is 7. The molecular formula is C7H7Cl2F5N2. The van der Waals surface area contributed by atoms with Crippen LogP contribution in [0.5, 0.6) is 0 Å². The van der Waals surface area contributed by atoms with Crippen LogP contribution in [-0.2, 0) is 0 Å². The Kier molecular flexibility index (Phi) is 5.16. The van der Waals surface area contributed by atoms with Gasteiger partial charge in [-0.1, -0.05) is 23.2 Å². The number of hydrogen-bond acceptors (Lipinski definition) is 2. The van der Waals surface area contributed by atoms with E-state index in [2.05, 4.69) is 0 Å². The molecule has 0 bridgehead atoms. The van der Waals surface area contributed by atoms with Gasteiger partial charge in [0.05, 0.1) is 6.01 Å². The quantitative estimate of drug-likeness (QED) is 0.328. The van der Waals surface area contributed by atoms with Crippen molar-refractivity contribution in [2.24, 2.45) is 4.99 Å². The average molecular weight is 285 g/mol. The second kappa shape index (κ2) is 5.29. The van der Waals surface area contributed by atoms with Gasteiger partial charge in [-0.2, -0.15) is 17.6 Å². The Morgan fingerprint density at radius 2 is 1.56 bits per heavy atom. The van der Waals surface area contributed by atoms with Gasteiger partial charge in [0.25, 0.3) is 4.59 Å². The van der Waals surface area contributed by atoms with Crippen LogP contribution in [0.2, 0.25) is 0 Å².